The Morgan fingerprint density at radius 2 is 2.06 bits per heavy atom. The number of alkyl halides is 1. The molecule has 3 atom stereocenters. The van der Waals surface area contributed by atoms with Crippen LogP contribution in [0.2, 0.25) is 0 Å². The van der Waals surface area contributed by atoms with Gasteiger partial charge in [-0.1, -0.05) is 30.3 Å². The fraction of sp³-hybridized carbons (Fsp3) is 0.600. The molecular formula is C15H21ClO. The van der Waals surface area contributed by atoms with Gasteiger partial charge in [0.05, 0.1) is 17.6 Å². The molecule has 1 fully saturated rings. The molecule has 1 aromatic carbocycles. The van der Waals surface area contributed by atoms with Crippen LogP contribution in [0.3, 0.4) is 0 Å². The molecule has 0 spiro atoms. The maximum Gasteiger partial charge on any atom is 0.0585 e. The summed E-state index contributed by atoms with van der Waals surface area (Å²) in [6.07, 6.45) is 6.72. The van der Waals surface area contributed by atoms with Crippen molar-refractivity contribution < 1.29 is 4.74 Å². The van der Waals surface area contributed by atoms with Crippen molar-refractivity contribution in [1.29, 1.82) is 0 Å². The number of halogens is 1. The van der Waals surface area contributed by atoms with Crippen LogP contribution in [0.5, 0.6) is 0 Å². The van der Waals surface area contributed by atoms with Gasteiger partial charge in [-0.2, -0.15) is 0 Å². The average molecular weight is 253 g/mol. The third kappa shape index (κ3) is 4.01. The summed E-state index contributed by atoms with van der Waals surface area (Å²) in [4.78, 5) is 0. The smallest absolute Gasteiger partial charge is 0.0585 e. The van der Waals surface area contributed by atoms with E-state index in [1.807, 2.05) is 18.2 Å². The molecule has 94 valence electrons. The van der Waals surface area contributed by atoms with E-state index in [1.165, 1.54) is 18.4 Å². The van der Waals surface area contributed by atoms with Gasteiger partial charge < -0.3 is 4.74 Å². The van der Waals surface area contributed by atoms with E-state index in [-0.39, 0.29) is 5.38 Å². The van der Waals surface area contributed by atoms with Crippen LogP contribution in [-0.4, -0.2) is 12.2 Å². The molecule has 17 heavy (non-hydrogen) atoms. The summed E-state index contributed by atoms with van der Waals surface area (Å²) in [6, 6.07) is 10.3. The van der Waals surface area contributed by atoms with Gasteiger partial charge in [-0.15, -0.1) is 11.6 Å². The van der Waals surface area contributed by atoms with E-state index >= 15 is 0 Å². The number of rotatable bonds is 5. The SMILES string of the molecule is CC1CCC(CCCC(Cl)c2ccccc2)O1. The van der Waals surface area contributed by atoms with Gasteiger partial charge >= 0.3 is 0 Å². The first-order valence-corrected chi connectivity index (χ1v) is 7.04. The molecule has 0 amide bonds. The van der Waals surface area contributed by atoms with Gasteiger partial charge in [-0.3, -0.25) is 0 Å². The maximum absolute atomic E-state index is 6.38. The van der Waals surface area contributed by atoms with Crippen molar-refractivity contribution in [1.82, 2.24) is 0 Å². The minimum Gasteiger partial charge on any atom is -0.375 e. The normalized spacial score (nSPS) is 26.0. The lowest BCUT2D eigenvalue weighted by atomic mass is 10.0. The fourth-order valence-corrected chi connectivity index (χ4v) is 2.75. The largest absolute Gasteiger partial charge is 0.375 e. The number of hydrogen-bond donors (Lipinski definition) is 0. The zero-order valence-electron chi connectivity index (χ0n) is 10.4. The van der Waals surface area contributed by atoms with Crippen LogP contribution in [0.1, 0.15) is 50.0 Å². The molecule has 1 aliphatic rings. The van der Waals surface area contributed by atoms with E-state index in [0.29, 0.717) is 12.2 Å². The zero-order valence-corrected chi connectivity index (χ0v) is 11.2. The first-order valence-electron chi connectivity index (χ1n) is 6.60. The second-order valence-electron chi connectivity index (χ2n) is 4.96. The highest BCUT2D eigenvalue weighted by Crippen LogP contribution is 2.28. The van der Waals surface area contributed by atoms with Crippen LogP contribution in [0, 0.1) is 0 Å². The third-order valence-electron chi connectivity index (χ3n) is 3.46. The number of benzene rings is 1. The third-order valence-corrected chi connectivity index (χ3v) is 3.94. The molecule has 1 aliphatic heterocycles. The van der Waals surface area contributed by atoms with Crippen LogP contribution in [0.25, 0.3) is 0 Å². The monoisotopic (exact) mass is 252 g/mol. The van der Waals surface area contributed by atoms with Gasteiger partial charge in [0.25, 0.3) is 0 Å². The molecule has 0 aliphatic carbocycles. The van der Waals surface area contributed by atoms with Crippen molar-refractivity contribution in [3.63, 3.8) is 0 Å². The first-order chi connectivity index (χ1) is 8.25. The highest BCUT2D eigenvalue weighted by molar-refractivity contribution is 6.20. The molecule has 1 heterocycles. The zero-order chi connectivity index (χ0) is 12.1. The van der Waals surface area contributed by atoms with E-state index in [9.17, 15) is 0 Å². The molecule has 0 aromatic heterocycles. The summed E-state index contributed by atoms with van der Waals surface area (Å²) in [5, 5.41) is 0.148. The van der Waals surface area contributed by atoms with Gasteiger partial charge in [0.1, 0.15) is 0 Å². The Bertz CT molecular complexity index is 325. The fourth-order valence-electron chi connectivity index (χ4n) is 2.45. The minimum absolute atomic E-state index is 0.148. The predicted octanol–water partition coefficient (Wildman–Crippen LogP) is 4.70. The topological polar surface area (TPSA) is 9.23 Å². The van der Waals surface area contributed by atoms with E-state index in [4.69, 9.17) is 16.3 Å². The van der Waals surface area contributed by atoms with Gasteiger partial charge in [0.2, 0.25) is 0 Å². The van der Waals surface area contributed by atoms with Gasteiger partial charge in [-0.25, -0.2) is 0 Å². The van der Waals surface area contributed by atoms with Gasteiger partial charge in [0, 0.05) is 0 Å². The summed E-state index contributed by atoms with van der Waals surface area (Å²) in [7, 11) is 0. The van der Waals surface area contributed by atoms with Crippen molar-refractivity contribution >= 4 is 11.6 Å². The highest BCUT2D eigenvalue weighted by atomic mass is 35.5. The quantitative estimate of drug-likeness (QED) is 0.690. The Morgan fingerprint density at radius 1 is 1.29 bits per heavy atom. The van der Waals surface area contributed by atoms with Crippen LogP contribution in [0.15, 0.2) is 30.3 Å². The second kappa shape index (κ2) is 6.42. The Hall–Kier alpha value is -0.530. The highest BCUT2D eigenvalue weighted by Gasteiger charge is 2.21. The average Bonchev–Trinajstić information content (AvgIpc) is 2.76. The standard InChI is InChI=1S/C15H21ClO/c1-12-10-11-14(17-12)8-5-9-15(16)13-6-3-2-4-7-13/h2-4,6-7,12,14-15H,5,8-11H2,1H3. The van der Waals surface area contributed by atoms with E-state index in [0.717, 1.165) is 19.3 Å². The van der Waals surface area contributed by atoms with Gasteiger partial charge in [0.15, 0.2) is 0 Å². The molecule has 0 bridgehead atoms. The van der Waals surface area contributed by atoms with E-state index in [1.54, 1.807) is 0 Å². The van der Waals surface area contributed by atoms with Crippen LogP contribution in [-0.2, 0) is 4.74 Å². The minimum atomic E-state index is 0.148. The Morgan fingerprint density at radius 3 is 2.71 bits per heavy atom. The van der Waals surface area contributed by atoms with Crippen LogP contribution < -0.4 is 0 Å². The number of ether oxygens (including phenoxy) is 1. The van der Waals surface area contributed by atoms with Crippen molar-refractivity contribution in [2.45, 2.75) is 56.6 Å². The summed E-state index contributed by atoms with van der Waals surface area (Å²) in [5.41, 5.74) is 1.23. The molecule has 1 nitrogen and oxygen atoms in total. The maximum atomic E-state index is 6.38. The predicted molar refractivity (Wildman–Crippen MR) is 72.5 cm³/mol. The molecule has 0 saturated carbocycles. The molecule has 2 heteroatoms. The molecular weight excluding hydrogens is 232 g/mol. The lowest BCUT2D eigenvalue weighted by molar-refractivity contribution is 0.0495. The molecule has 2 rings (SSSR count). The Kier molecular flexibility index (Phi) is 4.87. The lowest BCUT2D eigenvalue weighted by Gasteiger charge is -2.13. The lowest BCUT2D eigenvalue weighted by Crippen LogP contribution is -2.08. The summed E-state index contributed by atoms with van der Waals surface area (Å²) in [6.45, 7) is 2.16. The van der Waals surface area contributed by atoms with E-state index in [2.05, 4.69) is 19.1 Å². The Labute approximate surface area is 109 Å². The Balaban J connectivity index is 1.68. The van der Waals surface area contributed by atoms with Crippen LogP contribution >= 0.6 is 11.6 Å². The van der Waals surface area contributed by atoms with Crippen LogP contribution in [0.4, 0.5) is 0 Å². The van der Waals surface area contributed by atoms with E-state index < -0.39 is 0 Å². The second-order valence-corrected chi connectivity index (χ2v) is 5.48. The van der Waals surface area contributed by atoms with Gasteiger partial charge in [-0.05, 0) is 44.6 Å². The van der Waals surface area contributed by atoms with Crippen molar-refractivity contribution in [2.24, 2.45) is 0 Å². The summed E-state index contributed by atoms with van der Waals surface area (Å²) < 4.78 is 5.81. The summed E-state index contributed by atoms with van der Waals surface area (Å²) in [5.74, 6) is 0. The molecule has 0 N–H and O–H groups in total. The van der Waals surface area contributed by atoms with Crippen molar-refractivity contribution in [3.05, 3.63) is 35.9 Å². The number of hydrogen-bond acceptors (Lipinski definition) is 1. The van der Waals surface area contributed by atoms with Crippen molar-refractivity contribution in [3.8, 4) is 0 Å². The molecule has 3 unspecified atom stereocenters. The first kappa shape index (κ1) is 12.9. The molecule has 1 aromatic rings. The molecule has 1 saturated heterocycles. The summed E-state index contributed by atoms with van der Waals surface area (Å²) >= 11 is 6.38. The van der Waals surface area contributed by atoms with Crippen molar-refractivity contribution in [2.75, 3.05) is 0 Å². The molecule has 0 radical (unpaired) electrons.